The van der Waals surface area contributed by atoms with Crippen LogP contribution in [0.1, 0.15) is 16.1 Å². The largest absolute Gasteiger partial charge is 0.497 e. The highest BCUT2D eigenvalue weighted by Gasteiger charge is 2.20. The second-order valence-electron chi connectivity index (χ2n) is 6.34. The number of methoxy groups -OCH3 is 1. The molecule has 6 nitrogen and oxygen atoms in total. The van der Waals surface area contributed by atoms with E-state index in [0.29, 0.717) is 33.9 Å². The van der Waals surface area contributed by atoms with Crippen molar-refractivity contribution in [3.8, 4) is 11.4 Å². The number of nitrogens with one attached hydrogen (secondary N) is 1. The SMILES string of the molecule is COc1cccc(NC(=O)c2cnc3c(c(C)nn3-c3ccc(F)cc3)c2Cl)c1. The van der Waals surface area contributed by atoms with E-state index in [9.17, 15) is 9.18 Å². The van der Waals surface area contributed by atoms with E-state index in [1.165, 1.54) is 18.3 Å². The molecule has 0 radical (unpaired) electrons. The highest BCUT2D eigenvalue weighted by atomic mass is 35.5. The summed E-state index contributed by atoms with van der Waals surface area (Å²) >= 11 is 6.55. The smallest absolute Gasteiger partial charge is 0.258 e. The van der Waals surface area contributed by atoms with Crippen LogP contribution in [-0.2, 0) is 0 Å². The molecule has 0 bridgehead atoms. The number of fused-ring (bicyclic) bond motifs is 1. The van der Waals surface area contributed by atoms with E-state index in [4.69, 9.17) is 16.3 Å². The minimum atomic E-state index is -0.397. The van der Waals surface area contributed by atoms with Crippen molar-refractivity contribution in [2.75, 3.05) is 12.4 Å². The Labute approximate surface area is 170 Å². The van der Waals surface area contributed by atoms with Gasteiger partial charge in [-0.15, -0.1) is 0 Å². The molecule has 0 spiro atoms. The number of hydrogen-bond donors (Lipinski definition) is 1. The van der Waals surface area contributed by atoms with Crippen LogP contribution in [0.25, 0.3) is 16.7 Å². The summed E-state index contributed by atoms with van der Waals surface area (Å²) in [4.78, 5) is 17.2. The van der Waals surface area contributed by atoms with Crippen LogP contribution in [0.15, 0.2) is 54.7 Å². The summed E-state index contributed by atoms with van der Waals surface area (Å²) in [5.74, 6) is -0.116. The molecule has 146 valence electrons. The summed E-state index contributed by atoms with van der Waals surface area (Å²) < 4.78 is 20.0. The molecule has 0 fully saturated rings. The Bertz CT molecular complexity index is 1220. The average molecular weight is 411 g/mol. The summed E-state index contributed by atoms with van der Waals surface area (Å²) in [5.41, 5.74) is 2.53. The maximum absolute atomic E-state index is 13.2. The van der Waals surface area contributed by atoms with E-state index in [2.05, 4.69) is 15.4 Å². The van der Waals surface area contributed by atoms with Gasteiger partial charge in [0.25, 0.3) is 5.91 Å². The van der Waals surface area contributed by atoms with Crippen LogP contribution >= 0.6 is 11.6 Å². The third kappa shape index (κ3) is 3.52. The fraction of sp³-hybridized carbons (Fsp3) is 0.0952. The lowest BCUT2D eigenvalue weighted by Gasteiger charge is -2.09. The number of carbonyl (C=O) groups is 1. The zero-order valence-corrected chi connectivity index (χ0v) is 16.4. The van der Waals surface area contributed by atoms with Gasteiger partial charge >= 0.3 is 0 Å². The summed E-state index contributed by atoms with van der Waals surface area (Å²) in [6.45, 7) is 1.78. The van der Waals surface area contributed by atoms with Gasteiger partial charge in [-0.3, -0.25) is 4.79 Å². The van der Waals surface area contributed by atoms with Gasteiger partial charge in [-0.2, -0.15) is 5.10 Å². The van der Waals surface area contributed by atoms with Crippen LogP contribution in [0.2, 0.25) is 5.02 Å². The number of pyridine rings is 1. The molecule has 2 aromatic heterocycles. The van der Waals surface area contributed by atoms with E-state index in [1.807, 2.05) is 0 Å². The summed E-state index contributed by atoms with van der Waals surface area (Å²) in [6, 6.07) is 12.9. The van der Waals surface area contributed by atoms with Crippen molar-refractivity contribution in [2.24, 2.45) is 0 Å². The van der Waals surface area contributed by atoms with E-state index >= 15 is 0 Å². The fourth-order valence-corrected chi connectivity index (χ4v) is 3.38. The Hall–Kier alpha value is -3.45. The lowest BCUT2D eigenvalue weighted by molar-refractivity contribution is 0.102. The number of benzene rings is 2. The number of aromatic nitrogens is 3. The number of aryl methyl sites for hydroxylation is 1. The quantitative estimate of drug-likeness (QED) is 0.525. The van der Waals surface area contributed by atoms with Gasteiger partial charge < -0.3 is 10.1 Å². The van der Waals surface area contributed by atoms with Crippen LogP contribution in [0.3, 0.4) is 0 Å². The van der Waals surface area contributed by atoms with Gasteiger partial charge in [0.1, 0.15) is 11.6 Å². The number of anilines is 1. The molecule has 4 aromatic rings. The molecule has 8 heteroatoms. The average Bonchev–Trinajstić information content (AvgIpc) is 3.06. The highest BCUT2D eigenvalue weighted by molar-refractivity contribution is 6.39. The van der Waals surface area contributed by atoms with Crippen LogP contribution < -0.4 is 10.1 Å². The van der Waals surface area contributed by atoms with Crippen molar-refractivity contribution in [1.82, 2.24) is 14.8 Å². The van der Waals surface area contributed by atoms with Gasteiger partial charge in [0.05, 0.1) is 34.5 Å². The second kappa shape index (κ2) is 7.52. The number of nitrogens with zero attached hydrogens (tertiary/aromatic N) is 3. The van der Waals surface area contributed by atoms with Crippen molar-refractivity contribution < 1.29 is 13.9 Å². The molecule has 0 unspecified atom stereocenters. The molecule has 0 atom stereocenters. The first-order valence-corrected chi connectivity index (χ1v) is 9.11. The molecule has 2 heterocycles. The predicted octanol–water partition coefficient (Wildman–Crippen LogP) is 4.78. The molecule has 4 rings (SSSR count). The molecule has 0 saturated heterocycles. The van der Waals surface area contributed by atoms with Crippen LogP contribution in [0, 0.1) is 12.7 Å². The third-order valence-corrected chi connectivity index (χ3v) is 4.84. The Kier molecular flexibility index (Phi) is 4.90. The second-order valence-corrected chi connectivity index (χ2v) is 6.72. The first-order valence-electron chi connectivity index (χ1n) is 8.73. The zero-order chi connectivity index (χ0) is 20.5. The van der Waals surface area contributed by atoms with Gasteiger partial charge in [0.15, 0.2) is 5.65 Å². The number of rotatable bonds is 4. The summed E-state index contributed by atoms with van der Waals surface area (Å²) in [6.07, 6.45) is 1.40. The molecule has 0 saturated carbocycles. The first kappa shape index (κ1) is 18.9. The molecular formula is C21H16ClFN4O2. The van der Waals surface area contributed by atoms with Gasteiger partial charge in [-0.1, -0.05) is 17.7 Å². The third-order valence-electron chi connectivity index (χ3n) is 4.45. The predicted molar refractivity (Wildman–Crippen MR) is 110 cm³/mol. The molecule has 29 heavy (non-hydrogen) atoms. The maximum Gasteiger partial charge on any atom is 0.258 e. The lowest BCUT2D eigenvalue weighted by Crippen LogP contribution is -2.13. The van der Waals surface area contributed by atoms with E-state index < -0.39 is 5.91 Å². The molecule has 1 amide bonds. The van der Waals surface area contributed by atoms with E-state index in [1.54, 1.807) is 55.1 Å². The van der Waals surface area contributed by atoms with E-state index in [0.717, 1.165) is 0 Å². The monoisotopic (exact) mass is 410 g/mol. The normalized spacial score (nSPS) is 10.9. The standard InChI is InChI=1S/C21H16ClFN4O2/c1-12-18-19(22)17(21(28)25-14-4-3-5-16(10-14)29-2)11-24-20(18)27(26-12)15-8-6-13(23)7-9-15/h3-11H,1-2H3,(H,25,28). The Morgan fingerprint density at radius 3 is 2.69 bits per heavy atom. The van der Waals surface area contributed by atoms with Crippen molar-refractivity contribution in [1.29, 1.82) is 0 Å². The molecule has 0 aliphatic carbocycles. The topological polar surface area (TPSA) is 69.0 Å². The van der Waals surface area contributed by atoms with Crippen molar-refractivity contribution in [2.45, 2.75) is 6.92 Å². The van der Waals surface area contributed by atoms with Crippen molar-refractivity contribution in [3.63, 3.8) is 0 Å². The van der Waals surface area contributed by atoms with Gasteiger partial charge in [0, 0.05) is 18.0 Å². The van der Waals surface area contributed by atoms with Gasteiger partial charge in [-0.05, 0) is 43.3 Å². The minimum absolute atomic E-state index is 0.226. The lowest BCUT2D eigenvalue weighted by atomic mass is 10.2. The molecular weight excluding hydrogens is 395 g/mol. The molecule has 2 aromatic carbocycles. The van der Waals surface area contributed by atoms with Gasteiger partial charge in [0.2, 0.25) is 0 Å². The molecule has 0 aliphatic rings. The fourth-order valence-electron chi connectivity index (χ4n) is 3.03. The van der Waals surface area contributed by atoms with Gasteiger partial charge in [-0.25, -0.2) is 14.1 Å². The summed E-state index contributed by atoms with van der Waals surface area (Å²) in [7, 11) is 1.55. The zero-order valence-electron chi connectivity index (χ0n) is 15.6. The number of hydrogen-bond acceptors (Lipinski definition) is 4. The van der Waals surface area contributed by atoms with Crippen molar-refractivity contribution in [3.05, 3.63) is 76.8 Å². The Morgan fingerprint density at radius 1 is 1.21 bits per heavy atom. The van der Waals surface area contributed by atoms with Crippen LogP contribution in [-0.4, -0.2) is 27.8 Å². The van der Waals surface area contributed by atoms with Crippen LogP contribution in [0.4, 0.5) is 10.1 Å². The summed E-state index contributed by atoms with van der Waals surface area (Å²) in [5, 5.41) is 8.06. The van der Waals surface area contributed by atoms with E-state index in [-0.39, 0.29) is 16.4 Å². The molecule has 0 aliphatic heterocycles. The minimum Gasteiger partial charge on any atom is -0.497 e. The molecule has 1 N–H and O–H groups in total. The number of halogens is 2. The van der Waals surface area contributed by atoms with Crippen molar-refractivity contribution >= 4 is 34.2 Å². The number of ether oxygens (including phenoxy) is 1. The number of carbonyl (C=O) groups excluding carboxylic acids is 1. The van der Waals surface area contributed by atoms with Crippen LogP contribution in [0.5, 0.6) is 5.75 Å². The Balaban J connectivity index is 1.73. The first-order chi connectivity index (χ1) is 14.0. The maximum atomic E-state index is 13.2. The Morgan fingerprint density at radius 2 is 1.97 bits per heavy atom. The highest BCUT2D eigenvalue weighted by Crippen LogP contribution is 2.30. The number of amides is 1.